The Bertz CT molecular complexity index is 370. The third kappa shape index (κ3) is 3.66. The molecule has 4 heteroatoms. The monoisotopic (exact) mass is 259 g/mol. The summed E-state index contributed by atoms with van der Waals surface area (Å²) in [5.74, 6) is -0.0943. The van der Waals surface area contributed by atoms with Crippen LogP contribution in [0.25, 0.3) is 0 Å². The highest BCUT2D eigenvalue weighted by molar-refractivity contribution is 6.31. The van der Waals surface area contributed by atoms with Gasteiger partial charge in [-0.3, -0.25) is 0 Å². The Morgan fingerprint density at radius 3 is 2.59 bits per heavy atom. The second-order valence-electron chi connectivity index (χ2n) is 4.36. The van der Waals surface area contributed by atoms with Crippen LogP contribution < -0.4 is 5.73 Å². The zero-order chi connectivity index (χ0) is 13.0. The van der Waals surface area contributed by atoms with Crippen molar-refractivity contribution in [2.24, 2.45) is 11.7 Å². The first-order valence-electron chi connectivity index (χ1n) is 5.79. The van der Waals surface area contributed by atoms with Gasteiger partial charge in [-0.25, -0.2) is 4.39 Å². The molecule has 0 spiro atoms. The van der Waals surface area contributed by atoms with E-state index in [0.29, 0.717) is 17.2 Å². The minimum Gasteiger partial charge on any atom is -0.376 e. The van der Waals surface area contributed by atoms with E-state index in [4.69, 9.17) is 22.1 Å². The van der Waals surface area contributed by atoms with E-state index < -0.39 is 6.04 Å². The largest absolute Gasteiger partial charge is 0.376 e. The zero-order valence-electron chi connectivity index (χ0n) is 10.4. The van der Waals surface area contributed by atoms with Gasteiger partial charge in [0.2, 0.25) is 0 Å². The number of rotatable bonds is 5. The number of ether oxygens (including phenoxy) is 1. The maximum absolute atomic E-state index is 13.2. The number of hydrogen-bond donors (Lipinski definition) is 1. The first kappa shape index (κ1) is 14.4. The molecule has 0 aliphatic rings. The second kappa shape index (κ2) is 6.34. The van der Waals surface area contributed by atoms with E-state index >= 15 is 0 Å². The molecule has 0 saturated carbocycles. The Labute approximate surface area is 107 Å². The molecule has 0 heterocycles. The van der Waals surface area contributed by atoms with Crippen LogP contribution >= 0.6 is 11.6 Å². The molecule has 0 fully saturated rings. The van der Waals surface area contributed by atoms with Crippen molar-refractivity contribution in [2.75, 3.05) is 6.61 Å². The van der Waals surface area contributed by atoms with Crippen molar-refractivity contribution in [1.82, 2.24) is 0 Å². The lowest BCUT2D eigenvalue weighted by Crippen LogP contribution is -2.33. The van der Waals surface area contributed by atoms with Crippen LogP contribution in [0.4, 0.5) is 4.39 Å². The van der Waals surface area contributed by atoms with Crippen LogP contribution in [0.5, 0.6) is 0 Å². The predicted molar refractivity (Wildman–Crippen MR) is 68.6 cm³/mol. The van der Waals surface area contributed by atoms with Crippen molar-refractivity contribution >= 4 is 11.6 Å². The van der Waals surface area contributed by atoms with E-state index in [0.717, 1.165) is 0 Å². The van der Waals surface area contributed by atoms with Gasteiger partial charge >= 0.3 is 0 Å². The molecule has 1 aromatic carbocycles. The van der Waals surface area contributed by atoms with Crippen molar-refractivity contribution in [2.45, 2.75) is 32.9 Å². The minimum atomic E-state index is -0.418. The normalized spacial score (nSPS) is 15.0. The van der Waals surface area contributed by atoms with Gasteiger partial charge in [-0.2, -0.15) is 0 Å². The SMILES string of the molecule is CCOC(C(C)C)C(N)c1cc(F)ccc1Cl. The molecule has 0 aromatic heterocycles. The molecular weight excluding hydrogens is 241 g/mol. The van der Waals surface area contributed by atoms with Crippen LogP contribution in [0.1, 0.15) is 32.4 Å². The Kier molecular flexibility index (Phi) is 5.37. The van der Waals surface area contributed by atoms with Gasteiger partial charge in [-0.15, -0.1) is 0 Å². The average molecular weight is 260 g/mol. The zero-order valence-corrected chi connectivity index (χ0v) is 11.2. The summed E-state index contributed by atoms with van der Waals surface area (Å²) in [6.45, 7) is 6.53. The summed E-state index contributed by atoms with van der Waals surface area (Å²) in [6, 6.07) is 3.80. The third-order valence-corrected chi connectivity index (χ3v) is 3.03. The van der Waals surface area contributed by atoms with E-state index in [2.05, 4.69) is 0 Å². The maximum atomic E-state index is 13.2. The number of nitrogens with two attached hydrogens (primary N) is 1. The second-order valence-corrected chi connectivity index (χ2v) is 4.76. The number of halogens is 2. The molecule has 1 rings (SSSR count). The molecule has 0 radical (unpaired) electrons. The first-order valence-corrected chi connectivity index (χ1v) is 6.17. The summed E-state index contributed by atoms with van der Waals surface area (Å²) in [4.78, 5) is 0. The summed E-state index contributed by atoms with van der Waals surface area (Å²) in [7, 11) is 0. The van der Waals surface area contributed by atoms with Crippen molar-refractivity contribution < 1.29 is 9.13 Å². The minimum absolute atomic E-state index is 0.167. The van der Waals surface area contributed by atoms with Gasteiger partial charge in [0.25, 0.3) is 0 Å². The van der Waals surface area contributed by atoms with Crippen molar-refractivity contribution in [3.8, 4) is 0 Å². The molecule has 17 heavy (non-hydrogen) atoms. The quantitative estimate of drug-likeness (QED) is 0.878. The molecule has 0 aliphatic carbocycles. The van der Waals surface area contributed by atoms with Gasteiger partial charge in [-0.1, -0.05) is 25.4 Å². The Morgan fingerprint density at radius 1 is 1.41 bits per heavy atom. The first-order chi connectivity index (χ1) is 7.97. The Hall–Kier alpha value is -0.640. The highest BCUT2D eigenvalue weighted by atomic mass is 35.5. The van der Waals surface area contributed by atoms with Gasteiger partial charge < -0.3 is 10.5 Å². The highest BCUT2D eigenvalue weighted by Gasteiger charge is 2.25. The highest BCUT2D eigenvalue weighted by Crippen LogP contribution is 2.28. The summed E-state index contributed by atoms with van der Waals surface area (Å²) < 4.78 is 18.8. The number of benzene rings is 1. The van der Waals surface area contributed by atoms with E-state index in [-0.39, 0.29) is 17.8 Å². The standard InChI is InChI=1S/C13H19ClFNO/c1-4-17-13(8(2)3)12(16)10-7-9(15)5-6-11(10)14/h5-8,12-13H,4,16H2,1-3H3. The van der Waals surface area contributed by atoms with Crippen LogP contribution in [-0.2, 0) is 4.74 Å². The van der Waals surface area contributed by atoms with E-state index in [1.54, 1.807) is 0 Å². The van der Waals surface area contributed by atoms with Gasteiger partial charge in [0, 0.05) is 11.6 Å². The van der Waals surface area contributed by atoms with Crippen LogP contribution in [-0.4, -0.2) is 12.7 Å². The third-order valence-electron chi connectivity index (χ3n) is 2.69. The summed E-state index contributed by atoms with van der Waals surface area (Å²) >= 11 is 6.04. The topological polar surface area (TPSA) is 35.2 Å². The van der Waals surface area contributed by atoms with E-state index in [9.17, 15) is 4.39 Å². The molecule has 2 nitrogen and oxygen atoms in total. The Balaban J connectivity index is 2.99. The van der Waals surface area contributed by atoms with E-state index in [1.807, 2.05) is 20.8 Å². The van der Waals surface area contributed by atoms with Crippen LogP contribution in [0.3, 0.4) is 0 Å². The van der Waals surface area contributed by atoms with Crippen molar-refractivity contribution in [3.05, 3.63) is 34.6 Å². The van der Waals surface area contributed by atoms with Gasteiger partial charge in [-0.05, 0) is 36.6 Å². The molecular formula is C13H19ClFNO. The summed E-state index contributed by atoms with van der Waals surface area (Å²) in [5, 5.41) is 0.476. The molecule has 0 aliphatic heterocycles. The molecule has 0 bridgehead atoms. The summed E-state index contributed by atoms with van der Waals surface area (Å²) in [5.41, 5.74) is 6.72. The maximum Gasteiger partial charge on any atom is 0.123 e. The lowest BCUT2D eigenvalue weighted by molar-refractivity contribution is 0.0121. The van der Waals surface area contributed by atoms with Gasteiger partial charge in [0.05, 0.1) is 12.1 Å². The molecule has 2 unspecified atom stereocenters. The molecule has 2 N–H and O–H groups in total. The fourth-order valence-electron chi connectivity index (χ4n) is 1.85. The average Bonchev–Trinajstić information content (AvgIpc) is 2.28. The lowest BCUT2D eigenvalue weighted by Gasteiger charge is -2.28. The van der Waals surface area contributed by atoms with Gasteiger partial charge in [0.15, 0.2) is 0 Å². The molecule has 1 aromatic rings. The molecule has 0 saturated heterocycles. The van der Waals surface area contributed by atoms with Crippen molar-refractivity contribution in [3.63, 3.8) is 0 Å². The van der Waals surface area contributed by atoms with Gasteiger partial charge in [0.1, 0.15) is 5.82 Å². The molecule has 0 amide bonds. The van der Waals surface area contributed by atoms with E-state index in [1.165, 1.54) is 18.2 Å². The predicted octanol–water partition coefficient (Wildman–Crippen LogP) is 3.54. The van der Waals surface area contributed by atoms with Crippen LogP contribution in [0, 0.1) is 11.7 Å². The van der Waals surface area contributed by atoms with Crippen molar-refractivity contribution in [1.29, 1.82) is 0 Å². The molecule has 96 valence electrons. The lowest BCUT2D eigenvalue weighted by atomic mass is 9.94. The Morgan fingerprint density at radius 2 is 2.06 bits per heavy atom. The summed E-state index contributed by atoms with van der Waals surface area (Å²) in [6.07, 6.45) is -0.167. The fraction of sp³-hybridized carbons (Fsp3) is 0.538. The smallest absolute Gasteiger partial charge is 0.123 e. The van der Waals surface area contributed by atoms with Crippen LogP contribution in [0.2, 0.25) is 5.02 Å². The van der Waals surface area contributed by atoms with Crippen LogP contribution in [0.15, 0.2) is 18.2 Å². The molecule has 2 atom stereocenters. The number of hydrogen-bond acceptors (Lipinski definition) is 2. The fourth-order valence-corrected chi connectivity index (χ4v) is 2.09.